The van der Waals surface area contributed by atoms with Crippen LogP contribution in [0.5, 0.6) is 0 Å². The van der Waals surface area contributed by atoms with Crippen molar-refractivity contribution in [2.45, 2.75) is 53.2 Å². The van der Waals surface area contributed by atoms with E-state index in [9.17, 15) is 9.59 Å². The largest absolute Gasteiger partial charge is 0.450 e. The first-order chi connectivity index (χ1) is 14.9. The number of fused-ring (bicyclic) bond motifs is 1. The summed E-state index contributed by atoms with van der Waals surface area (Å²) in [7, 11) is 0. The number of furan rings is 1. The third-order valence-corrected chi connectivity index (χ3v) is 5.04. The van der Waals surface area contributed by atoms with Crippen LogP contribution < -0.4 is 5.32 Å². The van der Waals surface area contributed by atoms with Gasteiger partial charge >= 0.3 is 5.97 Å². The van der Waals surface area contributed by atoms with Gasteiger partial charge in [0.2, 0.25) is 5.76 Å². The van der Waals surface area contributed by atoms with Crippen LogP contribution in [0.2, 0.25) is 0 Å². The number of carbonyl (C=O) groups excluding carboxylic acids is 2. The Hall–Kier alpha value is -3.12. The number of esters is 1. The molecule has 6 heteroatoms. The van der Waals surface area contributed by atoms with Crippen LogP contribution in [0.3, 0.4) is 0 Å². The number of nitrogens with one attached hydrogen (secondary N) is 1. The molecule has 1 aromatic heterocycles. The van der Waals surface area contributed by atoms with Crippen LogP contribution in [0.25, 0.3) is 11.0 Å². The summed E-state index contributed by atoms with van der Waals surface area (Å²) in [5, 5.41) is 3.69. The van der Waals surface area contributed by atoms with E-state index in [1.807, 2.05) is 64.1 Å². The average molecular weight is 424 g/mol. The van der Waals surface area contributed by atoms with Gasteiger partial charge in [0.05, 0.1) is 12.7 Å². The van der Waals surface area contributed by atoms with Crippen molar-refractivity contribution in [3.05, 3.63) is 64.9 Å². The quantitative estimate of drug-likeness (QED) is 0.474. The van der Waals surface area contributed by atoms with Gasteiger partial charge in [0.15, 0.2) is 6.61 Å². The summed E-state index contributed by atoms with van der Waals surface area (Å²) < 4.78 is 16.7. The molecule has 0 aliphatic carbocycles. The van der Waals surface area contributed by atoms with Crippen LogP contribution in [0, 0.1) is 0 Å². The number of hydrogen-bond acceptors (Lipinski definition) is 5. The molecule has 2 aromatic carbocycles. The van der Waals surface area contributed by atoms with E-state index in [2.05, 4.69) is 5.32 Å². The average Bonchev–Trinajstić information content (AvgIpc) is 3.14. The fourth-order valence-corrected chi connectivity index (χ4v) is 3.43. The number of hydrogen-bond donors (Lipinski definition) is 1. The molecule has 0 bridgehead atoms. The van der Waals surface area contributed by atoms with E-state index in [0.29, 0.717) is 11.1 Å². The smallest absolute Gasteiger partial charge is 0.375 e. The molecule has 0 unspecified atom stereocenters. The molecule has 6 nitrogen and oxygen atoms in total. The van der Waals surface area contributed by atoms with Gasteiger partial charge in [-0.2, -0.15) is 0 Å². The Balaban J connectivity index is 1.73. The Morgan fingerprint density at radius 3 is 2.32 bits per heavy atom. The van der Waals surface area contributed by atoms with Crippen molar-refractivity contribution in [3.63, 3.8) is 0 Å². The maximum atomic E-state index is 12.7. The molecule has 1 heterocycles. The maximum Gasteiger partial charge on any atom is 0.375 e. The van der Waals surface area contributed by atoms with Gasteiger partial charge < -0.3 is 19.2 Å². The molecule has 0 aliphatic heterocycles. The van der Waals surface area contributed by atoms with E-state index in [0.717, 1.165) is 35.0 Å². The number of benzene rings is 2. The molecule has 0 radical (unpaired) electrons. The lowest BCUT2D eigenvalue weighted by molar-refractivity contribution is -0.119. The van der Waals surface area contributed by atoms with Crippen LogP contribution >= 0.6 is 0 Å². The van der Waals surface area contributed by atoms with E-state index in [1.165, 1.54) is 0 Å². The second kappa shape index (κ2) is 10.3. The van der Waals surface area contributed by atoms with Crippen molar-refractivity contribution in [2.24, 2.45) is 0 Å². The lowest BCUT2D eigenvalue weighted by Gasteiger charge is -2.14. The minimum atomic E-state index is -0.687. The van der Waals surface area contributed by atoms with Gasteiger partial charge in [-0.05, 0) is 43.9 Å². The van der Waals surface area contributed by atoms with Gasteiger partial charge in [-0.1, -0.05) is 50.2 Å². The van der Waals surface area contributed by atoms with Gasteiger partial charge in [0.25, 0.3) is 5.91 Å². The van der Waals surface area contributed by atoms with E-state index in [1.54, 1.807) is 6.07 Å². The number of para-hydroxylation sites is 2. The van der Waals surface area contributed by atoms with E-state index < -0.39 is 12.6 Å². The molecule has 1 amide bonds. The first-order valence-corrected chi connectivity index (χ1v) is 10.6. The maximum absolute atomic E-state index is 12.7. The molecule has 0 fully saturated rings. The number of amides is 1. The number of rotatable bonds is 9. The van der Waals surface area contributed by atoms with Crippen molar-refractivity contribution >= 4 is 28.5 Å². The lowest BCUT2D eigenvalue weighted by Crippen LogP contribution is -2.22. The molecule has 0 aliphatic rings. The zero-order valence-corrected chi connectivity index (χ0v) is 18.5. The molecule has 3 aromatic rings. The minimum absolute atomic E-state index is 0.00490. The molecular weight excluding hydrogens is 394 g/mol. The van der Waals surface area contributed by atoms with Crippen molar-refractivity contribution in [3.8, 4) is 0 Å². The first-order valence-electron chi connectivity index (χ1n) is 10.6. The predicted molar refractivity (Wildman–Crippen MR) is 120 cm³/mol. The third kappa shape index (κ3) is 5.33. The molecule has 3 rings (SSSR count). The molecule has 0 spiro atoms. The molecule has 1 N–H and O–H groups in total. The summed E-state index contributed by atoms with van der Waals surface area (Å²) in [4.78, 5) is 25.2. The highest BCUT2D eigenvalue weighted by molar-refractivity contribution is 5.98. The molecule has 0 atom stereocenters. The van der Waals surface area contributed by atoms with E-state index in [4.69, 9.17) is 13.9 Å². The minimum Gasteiger partial charge on any atom is -0.450 e. The molecule has 164 valence electrons. The highest BCUT2D eigenvalue weighted by Gasteiger charge is 2.23. The highest BCUT2D eigenvalue weighted by atomic mass is 16.5. The Labute approximate surface area is 182 Å². The van der Waals surface area contributed by atoms with Crippen LogP contribution in [0.4, 0.5) is 5.69 Å². The SMILES string of the molecule is CCc1cccc(CC)c1NC(=O)COC(=O)c1oc2ccccc2c1COC(C)C. The van der Waals surface area contributed by atoms with Crippen molar-refractivity contribution < 1.29 is 23.5 Å². The monoisotopic (exact) mass is 423 g/mol. The van der Waals surface area contributed by atoms with E-state index >= 15 is 0 Å². The molecule has 0 saturated carbocycles. The number of aryl methyl sites for hydroxylation is 2. The zero-order valence-electron chi connectivity index (χ0n) is 18.5. The second-order valence-electron chi connectivity index (χ2n) is 7.55. The van der Waals surface area contributed by atoms with Crippen LogP contribution in [-0.2, 0) is 33.7 Å². The topological polar surface area (TPSA) is 77.8 Å². The van der Waals surface area contributed by atoms with Crippen LogP contribution in [0.1, 0.15) is 54.9 Å². The number of ether oxygens (including phenoxy) is 2. The molecular formula is C25H29NO5. The van der Waals surface area contributed by atoms with Crippen molar-refractivity contribution in [1.82, 2.24) is 0 Å². The Kier molecular flexibility index (Phi) is 7.47. The number of anilines is 1. The predicted octanol–water partition coefficient (Wildman–Crippen LogP) is 5.28. The Morgan fingerprint density at radius 1 is 1.00 bits per heavy atom. The number of carbonyl (C=O) groups is 2. The van der Waals surface area contributed by atoms with Gasteiger partial charge in [0.1, 0.15) is 5.58 Å². The van der Waals surface area contributed by atoms with Crippen LogP contribution in [-0.4, -0.2) is 24.6 Å². The normalized spacial score (nSPS) is 11.1. The lowest BCUT2D eigenvalue weighted by atomic mass is 10.0. The van der Waals surface area contributed by atoms with Crippen molar-refractivity contribution in [1.29, 1.82) is 0 Å². The van der Waals surface area contributed by atoms with Gasteiger partial charge in [-0.25, -0.2) is 4.79 Å². The molecule has 0 saturated heterocycles. The zero-order chi connectivity index (χ0) is 22.4. The summed E-state index contributed by atoms with van der Waals surface area (Å²) in [5.41, 5.74) is 4.09. The fraction of sp³-hybridized carbons (Fsp3) is 0.360. The van der Waals surface area contributed by atoms with Gasteiger partial charge in [0, 0.05) is 16.6 Å². The summed E-state index contributed by atoms with van der Waals surface area (Å²) in [6.45, 7) is 7.72. The third-order valence-electron chi connectivity index (χ3n) is 5.04. The Bertz CT molecular complexity index is 1040. The second-order valence-corrected chi connectivity index (χ2v) is 7.55. The fourth-order valence-electron chi connectivity index (χ4n) is 3.43. The summed E-state index contributed by atoms with van der Waals surface area (Å²) in [6, 6.07) is 13.3. The Morgan fingerprint density at radius 2 is 1.68 bits per heavy atom. The molecule has 31 heavy (non-hydrogen) atoms. The standard InChI is InChI=1S/C25H29NO5/c1-5-17-10-9-11-18(6-2)23(17)26-22(27)15-30-25(28)24-20(14-29-16(3)4)19-12-7-8-13-21(19)31-24/h7-13,16H,5-6,14-15H2,1-4H3,(H,26,27). The summed E-state index contributed by atoms with van der Waals surface area (Å²) in [5.74, 6) is -1.01. The highest BCUT2D eigenvalue weighted by Crippen LogP contribution is 2.28. The summed E-state index contributed by atoms with van der Waals surface area (Å²) >= 11 is 0. The van der Waals surface area contributed by atoms with Gasteiger partial charge in [-0.15, -0.1) is 0 Å². The first kappa shape index (κ1) is 22.6. The summed E-state index contributed by atoms with van der Waals surface area (Å²) in [6.07, 6.45) is 1.58. The van der Waals surface area contributed by atoms with Crippen molar-refractivity contribution in [2.75, 3.05) is 11.9 Å². The van der Waals surface area contributed by atoms with Gasteiger partial charge in [-0.3, -0.25) is 4.79 Å². The van der Waals surface area contributed by atoms with E-state index in [-0.39, 0.29) is 24.4 Å². The van der Waals surface area contributed by atoms with Crippen LogP contribution in [0.15, 0.2) is 46.9 Å².